The summed E-state index contributed by atoms with van der Waals surface area (Å²) >= 11 is 0. The molecule has 0 aromatic heterocycles. The fourth-order valence-electron chi connectivity index (χ4n) is 1.21. The van der Waals surface area contributed by atoms with E-state index in [2.05, 4.69) is 5.32 Å². The van der Waals surface area contributed by atoms with Crippen LogP contribution in [0, 0.1) is 0 Å². The molecule has 0 fully saturated rings. The molecule has 0 aliphatic carbocycles. The monoisotopic (exact) mass is 256 g/mol. The molecule has 0 aromatic rings. The third-order valence-corrected chi connectivity index (χ3v) is 4.92. The fourth-order valence-corrected chi connectivity index (χ4v) is 2.94. The molecule has 102 valence electrons. The summed E-state index contributed by atoms with van der Waals surface area (Å²) in [7, 11) is 2.55. The molecule has 0 rings (SSSR count). The van der Waals surface area contributed by atoms with Crippen molar-refractivity contribution in [1.29, 1.82) is 0 Å². The molecule has 0 radical (unpaired) electrons. The van der Waals surface area contributed by atoms with Gasteiger partial charge in [0, 0.05) is 40.5 Å². The van der Waals surface area contributed by atoms with Crippen LogP contribution in [0.4, 0.5) is 0 Å². The first-order valence-electron chi connectivity index (χ1n) is 4.81. The molecule has 0 heterocycles. The standard InChI is InChI=1S/C8H22N2O3Si.2H3N/c1-11-14(12-2,13-3)8-4-6-10-7-5-9;;/h10H,4-9H2,1-3H3;2*1H3. The molecule has 0 aromatic carbocycles. The van der Waals surface area contributed by atoms with Gasteiger partial charge in [-0.05, 0) is 13.0 Å². The van der Waals surface area contributed by atoms with Crippen LogP contribution < -0.4 is 23.4 Å². The van der Waals surface area contributed by atoms with Crippen molar-refractivity contribution in [1.82, 2.24) is 17.6 Å². The molecule has 0 saturated heterocycles. The summed E-state index contributed by atoms with van der Waals surface area (Å²) in [6.45, 7) is 2.44. The predicted octanol–water partition coefficient (Wildman–Crippen LogP) is 0.127. The molecule has 16 heavy (non-hydrogen) atoms. The van der Waals surface area contributed by atoms with E-state index < -0.39 is 8.80 Å². The molecule has 0 aliphatic heterocycles. The van der Waals surface area contributed by atoms with Crippen molar-refractivity contribution in [2.45, 2.75) is 12.5 Å². The molecule has 0 amide bonds. The highest BCUT2D eigenvalue weighted by atomic mass is 28.4. The Labute approximate surface area is 99.5 Å². The summed E-state index contributed by atoms with van der Waals surface area (Å²) in [5.74, 6) is 0. The molecule has 0 atom stereocenters. The Hall–Kier alpha value is -0.0631. The maximum atomic E-state index is 5.35. The van der Waals surface area contributed by atoms with E-state index in [1.807, 2.05) is 0 Å². The summed E-state index contributed by atoms with van der Waals surface area (Å²) in [6, 6.07) is 0.827. The van der Waals surface area contributed by atoms with Gasteiger partial charge in [0.2, 0.25) is 0 Å². The van der Waals surface area contributed by atoms with E-state index in [0.717, 1.165) is 25.6 Å². The molecule has 0 unspecified atom stereocenters. The van der Waals surface area contributed by atoms with Gasteiger partial charge >= 0.3 is 8.80 Å². The van der Waals surface area contributed by atoms with Gasteiger partial charge in [0.15, 0.2) is 0 Å². The number of nitrogens with one attached hydrogen (secondary N) is 1. The highest BCUT2D eigenvalue weighted by Crippen LogP contribution is 2.13. The highest BCUT2D eigenvalue weighted by Gasteiger charge is 2.36. The van der Waals surface area contributed by atoms with E-state index in [0.29, 0.717) is 6.54 Å². The third kappa shape index (κ3) is 8.13. The van der Waals surface area contributed by atoms with Crippen LogP contribution in [0.1, 0.15) is 6.42 Å². The van der Waals surface area contributed by atoms with Gasteiger partial charge in [-0.3, -0.25) is 0 Å². The van der Waals surface area contributed by atoms with E-state index >= 15 is 0 Å². The Morgan fingerprint density at radius 1 is 1.00 bits per heavy atom. The number of nitrogens with two attached hydrogens (primary N) is 1. The van der Waals surface area contributed by atoms with Crippen molar-refractivity contribution in [3.8, 4) is 0 Å². The lowest BCUT2D eigenvalue weighted by atomic mass is 10.5. The number of hydrogen-bond donors (Lipinski definition) is 4. The van der Waals surface area contributed by atoms with E-state index in [-0.39, 0.29) is 12.3 Å². The molecule has 8 heteroatoms. The zero-order valence-corrected chi connectivity index (χ0v) is 11.8. The van der Waals surface area contributed by atoms with Gasteiger partial charge in [0.25, 0.3) is 0 Å². The molecular weight excluding hydrogens is 228 g/mol. The van der Waals surface area contributed by atoms with Crippen LogP contribution in [0.3, 0.4) is 0 Å². The lowest BCUT2D eigenvalue weighted by Gasteiger charge is -2.24. The maximum Gasteiger partial charge on any atom is 0.500 e. The molecule has 0 saturated carbocycles. The largest absolute Gasteiger partial charge is 0.500 e. The summed E-state index contributed by atoms with van der Waals surface area (Å²) in [4.78, 5) is 0. The Kier molecular flexibility index (Phi) is 17.3. The van der Waals surface area contributed by atoms with E-state index in [1.165, 1.54) is 0 Å². The molecular formula is C8H28N4O3Si. The lowest BCUT2D eigenvalue weighted by Crippen LogP contribution is -2.43. The minimum absolute atomic E-state index is 0. The number of hydrogen-bond acceptors (Lipinski definition) is 7. The van der Waals surface area contributed by atoms with Gasteiger partial charge in [-0.15, -0.1) is 0 Å². The smallest absolute Gasteiger partial charge is 0.377 e. The molecule has 9 N–H and O–H groups in total. The van der Waals surface area contributed by atoms with Crippen LogP contribution in [0.2, 0.25) is 6.04 Å². The second-order valence-corrected chi connectivity index (χ2v) is 6.03. The minimum atomic E-state index is -2.35. The van der Waals surface area contributed by atoms with E-state index in [1.54, 1.807) is 21.3 Å². The fraction of sp³-hybridized carbons (Fsp3) is 1.00. The summed E-state index contributed by atoms with van der Waals surface area (Å²) in [6.07, 6.45) is 0.974. The third-order valence-electron chi connectivity index (χ3n) is 2.09. The van der Waals surface area contributed by atoms with Crippen LogP contribution in [0.5, 0.6) is 0 Å². The van der Waals surface area contributed by atoms with Gasteiger partial charge in [-0.25, -0.2) is 0 Å². The zero-order chi connectivity index (χ0) is 10.9. The van der Waals surface area contributed by atoms with Crippen molar-refractivity contribution in [2.24, 2.45) is 5.73 Å². The van der Waals surface area contributed by atoms with Gasteiger partial charge in [-0.1, -0.05) is 0 Å². The van der Waals surface area contributed by atoms with Crippen molar-refractivity contribution in [2.75, 3.05) is 41.0 Å². The first-order chi connectivity index (χ1) is 6.74. The Morgan fingerprint density at radius 2 is 1.50 bits per heavy atom. The van der Waals surface area contributed by atoms with Crippen LogP contribution in [-0.2, 0) is 13.3 Å². The van der Waals surface area contributed by atoms with Crippen molar-refractivity contribution >= 4 is 8.80 Å². The zero-order valence-electron chi connectivity index (χ0n) is 10.8. The van der Waals surface area contributed by atoms with Crippen LogP contribution in [0.15, 0.2) is 0 Å². The first kappa shape index (κ1) is 21.2. The summed E-state index contributed by atoms with van der Waals surface area (Å²) in [5.41, 5.74) is 5.35. The molecule has 7 nitrogen and oxygen atoms in total. The van der Waals surface area contributed by atoms with Gasteiger partial charge < -0.3 is 36.6 Å². The Morgan fingerprint density at radius 3 is 1.88 bits per heavy atom. The molecule has 0 spiro atoms. The second-order valence-electron chi connectivity index (χ2n) is 2.94. The minimum Gasteiger partial charge on any atom is -0.377 e. The van der Waals surface area contributed by atoms with E-state index in [9.17, 15) is 0 Å². The van der Waals surface area contributed by atoms with Gasteiger partial charge in [-0.2, -0.15) is 0 Å². The summed E-state index contributed by atoms with van der Waals surface area (Å²) < 4.78 is 15.9. The SMILES string of the molecule is CO[Si](CCCNCCN)(OC)OC.N.N. The van der Waals surface area contributed by atoms with Crippen molar-refractivity contribution < 1.29 is 13.3 Å². The van der Waals surface area contributed by atoms with Gasteiger partial charge in [0.05, 0.1) is 0 Å². The normalized spacial score (nSPS) is 10.5. The quantitative estimate of drug-likeness (QED) is 0.340. The average Bonchev–Trinajstić information content (AvgIpc) is 2.24. The Balaban J connectivity index is -0.000000845. The van der Waals surface area contributed by atoms with E-state index in [4.69, 9.17) is 19.0 Å². The highest BCUT2D eigenvalue weighted by molar-refractivity contribution is 6.60. The van der Waals surface area contributed by atoms with Gasteiger partial charge in [0.1, 0.15) is 0 Å². The lowest BCUT2D eigenvalue weighted by molar-refractivity contribution is 0.123. The first-order valence-corrected chi connectivity index (χ1v) is 6.74. The van der Waals surface area contributed by atoms with Crippen molar-refractivity contribution in [3.05, 3.63) is 0 Å². The number of rotatable bonds is 9. The second kappa shape index (κ2) is 13.0. The van der Waals surface area contributed by atoms with Crippen LogP contribution in [-0.4, -0.2) is 49.8 Å². The molecule has 0 bridgehead atoms. The Bertz CT molecular complexity index is 130. The average molecular weight is 256 g/mol. The van der Waals surface area contributed by atoms with Crippen LogP contribution >= 0.6 is 0 Å². The predicted molar refractivity (Wildman–Crippen MR) is 68.2 cm³/mol. The topological polar surface area (TPSA) is 136 Å². The van der Waals surface area contributed by atoms with Crippen molar-refractivity contribution in [3.63, 3.8) is 0 Å². The van der Waals surface area contributed by atoms with Crippen LogP contribution in [0.25, 0.3) is 0 Å². The molecule has 0 aliphatic rings. The maximum absolute atomic E-state index is 5.35. The summed E-state index contributed by atoms with van der Waals surface area (Å²) in [5, 5.41) is 3.21.